The molecule has 0 fully saturated rings. The average molecular weight is 326 g/mol. The number of rotatable bonds is 5. The lowest BCUT2D eigenvalue weighted by Gasteiger charge is -2.07. The second-order valence-corrected chi connectivity index (χ2v) is 4.61. The van der Waals surface area contributed by atoms with Crippen LogP contribution in [0.3, 0.4) is 0 Å². The molecule has 0 bridgehead atoms. The van der Waals surface area contributed by atoms with Crippen LogP contribution in [0.1, 0.15) is 0 Å². The monoisotopic (exact) mass is 325 g/mol. The van der Waals surface area contributed by atoms with Crippen LogP contribution < -0.4 is 4.74 Å². The van der Waals surface area contributed by atoms with Gasteiger partial charge in [-0.1, -0.05) is 0 Å². The molecule has 1 heterocycles. The third-order valence-corrected chi connectivity index (χ3v) is 2.81. The first-order valence-corrected chi connectivity index (χ1v) is 6.31. The first-order chi connectivity index (χ1) is 9.19. The number of fused-ring (bicyclic) bond motifs is 1. The van der Waals surface area contributed by atoms with Gasteiger partial charge in [-0.2, -0.15) is 0 Å². The first-order valence-electron chi connectivity index (χ1n) is 5.52. The number of esters is 1. The minimum absolute atomic E-state index is 0.0119. The van der Waals surface area contributed by atoms with Crippen molar-refractivity contribution in [3.05, 3.63) is 34.9 Å². The number of aromatic nitrogens is 1. The van der Waals surface area contributed by atoms with Crippen LogP contribution in [0.5, 0.6) is 5.75 Å². The Bertz CT molecular complexity index is 588. The summed E-state index contributed by atoms with van der Waals surface area (Å²) in [7, 11) is 1.31. The van der Waals surface area contributed by atoms with Gasteiger partial charge in [-0.3, -0.25) is 4.98 Å². The van der Waals surface area contributed by atoms with Crippen molar-refractivity contribution >= 4 is 32.8 Å². The molecule has 0 amide bonds. The molecule has 0 saturated carbocycles. The standard InChI is InChI=1S/C13H12BrNO4/c1-17-13(16)7-18-8-19-11-2-3-12-9(5-11)4-10(14)6-15-12/h2-6H,7-8H2,1H3. The molecule has 2 rings (SSSR count). The molecule has 5 nitrogen and oxygen atoms in total. The van der Waals surface area contributed by atoms with Crippen LogP contribution in [0.2, 0.25) is 0 Å². The second kappa shape index (κ2) is 6.49. The lowest BCUT2D eigenvalue weighted by molar-refractivity contribution is -0.148. The van der Waals surface area contributed by atoms with Crippen LogP contribution in [0.15, 0.2) is 34.9 Å². The van der Waals surface area contributed by atoms with Gasteiger partial charge in [0.25, 0.3) is 0 Å². The summed E-state index contributed by atoms with van der Waals surface area (Å²) in [6, 6.07) is 7.46. The molecule has 0 N–H and O–H groups in total. The number of hydrogen-bond acceptors (Lipinski definition) is 5. The van der Waals surface area contributed by atoms with E-state index in [0.717, 1.165) is 15.4 Å². The Hall–Kier alpha value is -1.66. The third-order valence-electron chi connectivity index (χ3n) is 2.38. The summed E-state index contributed by atoms with van der Waals surface area (Å²) in [5.41, 5.74) is 0.881. The quantitative estimate of drug-likeness (QED) is 0.480. The van der Waals surface area contributed by atoms with Crippen LogP contribution in [-0.4, -0.2) is 31.5 Å². The maximum Gasteiger partial charge on any atom is 0.331 e. The van der Waals surface area contributed by atoms with E-state index in [-0.39, 0.29) is 13.4 Å². The van der Waals surface area contributed by atoms with Crippen molar-refractivity contribution in [1.29, 1.82) is 0 Å². The van der Waals surface area contributed by atoms with Crippen LogP contribution in [0, 0.1) is 0 Å². The van der Waals surface area contributed by atoms with E-state index in [9.17, 15) is 4.79 Å². The van der Waals surface area contributed by atoms with Gasteiger partial charge in [-0.25, -0.2) is 4.79 Å². The maximum absolute atomic E-state index is 10.8. The van der Waals surface area contributed by atoms with Crippen molar-refractivity contribution in [2.45, 2.75) is 0 Å². The molecule has 0 aliphatic carbocycles. The summed E-state index contributed by atoms with van der Waals surface area (Å²) in [5, 5.41) is 0.958. The lowest BCUT2D eigenvalue weighted by atomic mass is 10.2. The van der Waals surface area contributed by atoms with Crippen LogP contribution >= 0.6 is 15.9 Å². The van der Waals surface area contributed by atoms with Gasteiger partial charge in [-0.15, -0.1) is 0 Å². The summed E-state index contributed by atoms with van der Waals surface area (Å²) in [4.78, 5) is 15.1. The Morgan fingerprint density at radius 2 is 2.21 bits per heavy atom. The number of methoxy groups -OCH3 is 1. The molecule has 100 valence electrons. The van der Waals surface area contributed by atoms with Crippen molar-refractivity contribution in [2.24, 2.45) is 0 Å². The number of pyridine rings is 1. The van der Waals surface area contributed by atoms with E-state index in [1.165, 1.54) is 7.11 Å². The lowest BCUT2D eigenvalue weighted by Crippen LogP contribution is -2.13. The Morgan fingerprint density at radius 1 is 1.37 bits per heavy atom. The first kappa shape index (κ1) is 13.8. The molecule has 2 aromatic rings. The van der Waals surface area contributed by atoms with Gasteiger partial charge >= 0.3 is 5.97 Å². The van der Waals surface area contributed by atoms with Crippen molar-refractivity contribution in [1.82, 2.24) is 4.98 Å². The van der Waals surface area contributed by atoms with E-state index in [4.69, 9.17) is 9.47 Å². The molecule has 1 aromatic carbocycles. The van der Waals surface area contributed by atoms with E-state index in [1.807, 2.05) is 18.2 Å². The van der Waals surface area contributed by atoms with E-state index < -0.39 is 5.97 Å². The SMILES string of the molecule is COC(=O)COCOc1ccc2ncc(Br)cc2c1. The van der Waals surface area contributed by atoms with Gasteiger partial charge in [-0.05, 0) is 40.2 Å². The summed E-state index contributed by atoms with van der Waals surface area (Å²) in [6.07, 6.45) is 1.74. The molecule has 19 heavy (non-hydrogen) atoms. The fraction of sp³-hybridized carbons (Fsp3) is 0.231. The number of nitrogens with zero attached hydrogens (tertiary/aromatic N) is 1. The molecule has 0 atom stereocenters. The number of ether oxygens (including phenoxy) is 3. The Kier molecular flexibility index (Phi) is 4.70. The number of benzene rings is 1. The number of carbonyl (C=O) groups excluding carboxylic acids is 1. The van der Waals surface area contributed by atoms with Crippen molar-refractivity contribution in [3.63, 3.8) is 0 Å². The predicted octanol–water partition coefficient (Wildman–Crippen LogP) is 2.52. The third kappa shape index (κ3) is 3.90. The number of hydrogen-bond donors (Lipinski definition) is 0. The van der Waals surface area contributed by atoms with Gasteiger partial charge in [0.05, 0.1) is 12.6 Å². The van der Waals surface area contributed by atoms with Crippen LogP contribution in [0.25, 0.3) is 10.9 Å². The van der Waals surface area contributed by atoms with E-state index in [1.54, 1.807) is 12.3 Å². The molecule has 0 aliphatic rings. The minimum atomic E-state index is -0.435. The molecule has 0 saturated heterocycles. The Labute approximate surface area is 118 Å². The highest BCUT2D eigenvalue weighted by atomic mass is 79.9. The highest BCUT2D eigenvalue weighted by Gasteiger charge is 2.02. The summed E-state index contributed by atoms with van der Waals surface area (Å²) >= 11 is 3.37. The van der Waals surface area contributed by atoms with Gasteiger partial charge in [0.2, 0.25) is 0 Å². The number of halogens is 1. The molecule has 0 radical (unpaired) electrons. The van der Waals surface area contributed by atoms with E-state index in [0.29, 0.717) is 5.75 Å². The fourth-order valence-corrected chi connectivity index (χ4v) is 1.82. The Morgan fingerprint density at radius 3 is 3.00 bits per heavy atom. The van der Waals surface area contributed by atoms with Gasteiger partial charge in [0, 0.05) is 16.1 Å². The smallest absolute Gasteiger partial charge is 0.331 e. The van der Waals surface area contributed by atoms with Gasteiger partial charge < -0.3 is 14.2 Å². The van der Waals surface area contributed by atoms with Gasteiger partial charge in [0.1, 0.15) is 12.4 Å². The zero-order valence-electron chi connectivity index (χ0n) is 10.3. The van der Waals surface area contributed by atoms with Gasteiger partial charge in [0.15, 0.2) is 6.79 Å². The van der Waals surface area contributed by atoms with E-state index >= 15 is 0 Å². The molecule has 0 spiro atoms. The summed E-state index contributed by atoms with van der Waals surface area (Å²) in [6.45, 7) is -0.140. The highest BCUT2D eigenvalue weighted by molar-refractivity contribution is 9.10. The van der Waals surface area contributed by atoms with Crippen molar-refractivity contribution < 1.29 is 19.0 Å². The fourth-order valence-electron chi connectivity index (χ4n) is 1.47. The molecular formula is C13H12BrNO4. The molecular weight excluding hydrogens is 314 g/mol. The molecule has 0 aliphatic heterocycles. The predicted molar refractivity (Wildman–Crippen MR) is 72.9 cm³/mol. The molecule has 0 unspecified atom stereocenters. The van der Waals surface area contributed by atoms with E-state index in [2.05, 4.69) is 25.7 Å². The molecule has 6 heteroatoms. The maximum atomic E-state index is 10.8. The molecule has 1 aromatic heterocycles. The Balaban J connectivity index is 1.95. The zero-order chi connectivity index (χ0) is 13.7. The van der Waals surface area contributed by atoms with Crippen LogP contribution in [-0.2, 0) is 14.3 Å². The highest BCUT2D eigenvalue weighted by Crippen LogP contribution is 2.22. The summed E-state index contributed by atoms with van der Waals surface area (Å²) in [5.74, 6) is 0.215. The largest absolute Gasteiger partial charge is 0.468 e. The van der Waals surface area contributed by atoms with Crippen molar-refractivity contribution in [3.8, 4) is 5.75 Å². The normalized spacial score (nSPS) is 10.4. The topological polar surface area (TPSA) is 57.7 Å². The number of carbonyl (C=O) groups is 1. The summed E-state index contributed by atoms with van der Waals surface area (Å²) < 4.78 is 15.7. The van der Waals surface area contributed by atoms with Crippen molar-refractivity contribution in [2.75, 3.05) is 20.5 Å². The second-order valence-electron chi connectivity index (χ2n) is 3.69. The minimum Gasteiger partial charge on any atom is -0.468 e. The average Bonchev–Trinajstić information content (AvgIpc) is 2.42. The zero-order valence-corrected chi connectivity index (χ0v) is 11.8. The van der Waals surface area contributed by atoms with Crippen LogP contribution in [0.4, 0.5) is 0 Å².